The first-order valence-electron chi connectivity index (χ1n) is 3.65. The molecule has 1 heterocycles. The minimum atomic E-state index is 0.145. The topological polar surface area (TPSA) is 32.9 Å². The smallest absolute Gasteiger partial charge is 0.199 e. The van der Waals surface area contributed by atoms with E-state index in [2.05, 4.69) is 20.9 Å². The van der Waals surface area contributed by atoms with Gasteiger partial charge in [0.1, 0.15) is 0 Å². The summed E-state index contributed by atoms with van der Waals surface area (Å²) in [6, 6.07) is 0. The summed E-state index contributed by atoms with van der Waals surface area (Å²) in [6.45, 7) is 0. The molecule has 3 heteroatoms. The lowest BCUT2D eigenvalue weighted by molar-refractivity contribution is 1.06. The van der Waals surface area contributed by atoms with Crippen molar-refractivity contribution in [1.82, 2.24) is 4.98 Å². The monoisotopic (exact) mass is 213 g/mol. The van der Waals surface area contributed by atoms with Crippen LogP contribution >= 0.6 is 15.9 Å². The molecule has 1 aliphatic rings. The van der Waals surface area contributed by atoms with Gasteiger partial charge in [-0.3, -0.25) is 4.79 Å². The summed E-state index contributed by atoms with van der Waals surface area (Å²) in [4.78, 5) is 14.3. The molecule has 0 bridgehead atoms. The average Bonchev–Trinajstić information content (AvgIpc) is 2.77. The predicted molar refractivity (Wildman–Crippen MR) is 46.7 cm³/mol. The van der Waals surface area contributed by atoms with Crippen LogP contribution in [0.2, 0.25) is 0 Å². The molecule has 2 nitrogen and oxygen atoms in total. The third kappa shape index (κ3) is 1.25. The standard InChI is InChI=1S/C8H8BrNO/c9-7-4-10-3-6(8(7)11)5-1-2-5/h3-5H,1-2H2,(H,10,11). The van der Waals surface area contributed by atoms with E-state index < -0.39 is 0 Å². The maximum absolute atomic E-state index is 11.4. The van der Waals surface area contributed by atoms with Crippen LogP contribution in [0.5, 0.6) is 0 Å². The summed E-state index contributed by atoms with van der Waals surface area (Å²) in [5.74, 6) is 0.524. The molecule has 1 aromatic rings. The lowest BCUT2D eigenvalue weighted by atomic mass is 10.2. The van der Waals surface area contributed by atoms with Gasteiger partial charge in [0.25, 0.3) is 0 Å². The van der Waals surface area contributed by atoms with Gasteiger partial charge in [0.05, 0.1) is 4.47 Å². The zero-order valence-corrected chi connectivity index (χ0v) is 7.52. The van der Waals surface area contributed by atoms with Crippen molar-refractivity contribution in [3.8, 4) is 0 Å². The molecule has 0 spiro atoms. The number of halogens is 1. The van der Waals surface area contributed by atoms with Crippen molar-refractivity contribution in [2.24, 2.45) is 0 Å². The van der Waals surface area contributed by atoms with E-state index in [1.54, 1.807) is 6.20 Å². The fraction of sp³-hybridized carbons (Fsp3) is 0.375. The Morgan fingerprint density at radius 2 is 2.18 bits per heavy atom. The molecule has 0 atom stereocenters. The second kappa shape index (κ2) is 2.48. The van der Waals surface area contributed by atoms with Crippen molar-refractivity contribution in [3.63, 3.8) is 0 Å². The second-order valence-corrected chi connectivity index (χ2v) is 3.72. The molecular weight excluding hydrogens is 206 g/mol. The zero-order chi connectivity index (χ0) is 7.84. The van der Waals surface area contributed by atoms with E-state index in [0.717, 1.165) is 5.56 Å². The Bertz CT molecular complexity index is 327. The largest absolute Gasteiger partial charge is 0.366 e. The fourth-order valence-corrected chi connectivity index (χ4v) is 1.53. The van der Waals surface area contributed by atoms with Gasteiger partial charge in [0.15, 0.2) is 5.43 Å². The van der Waals surface area contributed by atoms with Crippen LogP contribution in [0.1, 0.15) is 24.3 Å². The number of nitrogens with one attached hydrogen (secondary N) is 1. The highest BCUT2D eigenvalue weighted by atomic mass is 79.9. The molecule has 0 aliphatic heterocycles. The molecule has 2 rings (SSSR count). The summed E-state index contributed by atoms with van der Waals surface area (Å²) >= 11 is 3.20. The van der Waals surface area contributed by atoms with Gasteiger partial charge in [-0.15, -0.1) is 0 Å². The average molecular weight is 214 g/mol. The molecular formula is C8H8BrNO. The van der Waals surface area contributed by atoms with E-state index in [1.165, 1.54) is 12.8 Å². The van der Waals surface area contributed by atoms with E-state index in [4.69, 9.17) is 0 Å². The highest BCUT2D eigenvalue weighted by Gasteiger charge is 2.26. The Labute approximate surface area is 72.8 Å². The summed E-state index contributed by atoms with van der Waals surface area (Å²) in [5, 5.41) is 0. The first-order valence-corrected chi connectivity index (χ1v) is 4.45. The van der Waals surface area contributed by atoms with Crippen molar-refractivity contribution in [2.45, 2.75) is 18.8 Å². The third-order valence-corrected chi connectivity index (χ3v) is 2.53. The Morgan fingerprint density at radius 1 is 1.45 bits per heavy atom. The van der Waals surface area contributed by atoms with Crippen LogP contribution in [0.3, 0.4) is 0 Å². The number of rotatable bonds is 1. The first-order chi connectivity index (χ1) is 5.29. The molecule has 0 unspecified atom stereocenters. The van der Waals surface area contributed by atoms with Gasteiger partial charge in [-0.05, 0) is 34.7 Å². The van der Waals surface area contributed by atoms with E-state index in [9.17, 15) is 4.79 Å². The van der Waals surface area contributed by atoms with Crippen molar-refractivity contribution in [2.75, 3.05) is 0 Å². The maximum atomic E-state index is 11.4. The molecule has 1 aliphatic carbocycles. The van der Waals surface area contributed by atoms with Crippen molar-refractivity contribution in [3.05, 3.63) is 32.7 Å². The molecule has 1 fully saturated rings. The summed E-state index contributed by atoms with van der Waals surface area (Å²) in [7, 11) is 0. The molecule has 1 saturated carbocycles. The normalized spacial score (nSPS) is 16.8. The number of aromatic amines is 1. The molecule has 0 amide bonds. The predicted octanol–water partition coefficient (Wildman–Crippen LogP) is 2.01. The Morgan fingerprint density at radius 3 is 2.82 bits per heavy atom. The SMILES string of the molecule is O=c1c(Br)c[nH]cc1C1CC1. The molecule has 0 radical (unpaired) electrons. The van der Waals surface area contributed by atoms with E-state index in [0.29, 0.717) is 10.4 Å². The first kappa shape index (κ1) is 7.10. The highest BCUT2D eigenvalue weighted by molar-refractivity contribution is 9.10. The quantitative estimate of drug-likeness (QED) is 0.761. The molecule has 0 aromatic carbocycles. The number of hydrogen-bond donors (Lipinski definition) is 1. The molecule has 58 valence electrons. The van der Waals surface area contributed by atoms with Gasteiger partial charge in [-0.2, -0.15) is 0 Å². The third-order valence-electron chi connectivity index (χ3n) is 1.95. The lowest BCUT2D eigenvalue weighted by Gasteiger charge is -1.95. The van der Waals surface area contributed by atoms with Crippen LogP contribution in [0.15, 0.2) is 21.7 Å². The number of pyridine rings is 1. The van der Waals surface area contributed by atoms with Crippen LogP contribution in [-0.4, -0.2) is 4.98 Å². The van der Waals surface area contributed by atoms with Gasteiger partial charge in [0, 0.05) is 18.0 Å². The van der Waals surface area contributed by atoms with Gasteiger partial charge in [0.2, 0.25) is 0 Å². The molecule has 11 heavy (non-hydrogen) atoms. The van der Waals surface area contributed by atoms with Crippen molar-refractivity contribution >= 4 is 15.9 Å². The Kier molecular flexibility index (Phi) is 1.60. The van der Waals surface area contributed by atoms with Crippen LogP contribution in [0, 0.1) is 0 Å². The van der Waals surface area contributed by atoms with Crippen LogP contribution < -0.4 is 5.43 Å². The van der Waals surface area contributed by atoms with E-state index in [1.807, 2.05) is 6.20 Å². The van der Waals surface area contributed by atoms with Gasteiger partial charge >= 0.3 is 0 Å². The summed E-state index contributed by atoms with van der Waals surface area (Å²) in [6.07, 6.45) is 5.82. The van der Waals surface area contributed by atoms with E-state index >= 15 is 0 Å². The summed E-state index contributed by atoms with van der Waals surface area (Å²) in [5.41, 5.74) is 1.07. The molecule has 1 N–H and O–H groups in total. The highest BCUT2D eigenvalue weighted by Crippen LogP contribution is 2.38. The minimum Gasteiger partial charge on any atom is -0.366 e. The van der Waals surface area contributed by atoms with Gasteiger partial charge in [-0.25, -0.2) is 0 Å². The number of aromatic nitrogens is 1. The second-order valence-electron chi connectivity index (χ2n) is 2.86. The maximum Gasteiger partial charge on any atom is 0.199 e. The Hall–Kier alpha value is -0.570. The fourth-order valence-electron chi connectivity index (χ4n) is 1.17. The van der Waals surface area contributed by atoms with Gasteiger partial charge in [-0.1, -0.05) is 0 Å². The summed E-state index contributed by atoms with van der Waals surface area (Å²) < 4.78 is 0.641. The number of H-pyrrole nitrogens is 1. The van der Waals surface area contributed by atoms with Crippen LogP contribution in [0.4, 0.5) is 0 Å². The van der Waals surface area contributed by atoms with E-state index in [-0.39, 0.29) is 5.43 Å². The van der Waals surface area contributed by atoms with Gasteiger partial charge < -0.3 is 4.98 Å². The molecule has 0 saturated heterocycles. The zero-order valence-electron chi connectivity index (χ0n) is 5.93. The van der Waals surface area contributed by atoms with Crippen molar-refractivity contribution < 1.29 is 0 Å². The van der Waals surface area contributed by atoms with Crippen LogP contribution in [-0.2, 0) is 0 Å². The van der Waals surface area contributed by atoms with Crippen LogP contribution in [0.25, 0.3) is 0 Å². The minimum absolute atomic E-state index is 0.145. The Balaban J connectivity index is 2.54. The van der Waals surface area contributed by atoms with Crippen molar-refractivity contribution in [1.29, 1.82) is 0 Å². The molecule has 1 aromatic heterocycles. The lowest BCUT2D eigenvalue weighted by Crippen LogP contribution is -2.08. The number of hydrogen-bond acceptors (Lipinski definition) is 1.